The lowest BCUT2D eigenvalue weighted by atomic mass is 10.1. The molecule has 0 unspecified atom stereocenters. The van der Waals surface area contributed by atoms with E-state index in [1.165, 1.54) is 6.92 Å². The minimum atomic E-state index is -0.335. The topological polar surface area (TPSA) is 44.8 Å². The molecule has 114 valence electrons. The minimum Gasteiger partial charge on any atom is -0.497 e. The molecule has 0 radical (unpaired) electrons. The van der Waals surface area contributed by atoms with E-state index in [1.54, 1.807) is 26.4 Å². The van der Waals surface area contributed by atoms with Crippen molar-refractivity contribution >= 4 is 18.1 Å². The van der Waals surface area contributed by atoms with Crippen LogP contribution in [-0.4, -0.2) is 20.2 Å². The number of rotatable bonds is 5. The number of ether oxygens (including phenoxy) is 3. The molecular formula is C18H18O4. The highest BCUT2D eigenvalue weighted by atomic mass is 16.5. The van der Waals surface area contributed by atoms with E-state index in [1.807, 2.05) is 42.5 Å². The molecule has 0 heterocycles. The highest BCUT2D eigenvalue weighted by Gasteiger charge is 2.00. The Labute approximate surface area is 129 Å². The molecule has 2 aromatic carbocycles. The maximum atomic E-state index is 11.0. The normalized spacial score (nSPS) is 10.5. The van der Waals surface area contributed by atoms with Crippen LogP contribution < -0.4 is 14.2 Å². The summed E-state index contributed by atoms with van der Waals surface area (Å²) in [6.45, 7) is 1.38. The highest BCUT2D eigenvalue weighted by molar-refractivity contribution is 5.73. The van der Waals surface area contributed by atoms with Gasteiger partial charge in [0.1, 0.15) is 17.2 Å². The summed E-state index contributed by atoms with van der Waals surface area (Å²) in [4.78, 5) is 11.0. The maximum absolute atomic E-state index is 11.0. The Morgan fingerprint density at radius 1 is 0.864 bits per heavy atom. The number of hydrogen-bond acceptors (Lipinski definition) is 4. The lowest BCUT2D eigenvalue weighted by Gasteiger charge is -2.06. The van der Waals surface area contributed by atoms with Crippen molar-refractivity contribution in [2.24, 2.45) is 0 Å². The fourth-order valence-electron chi connectivity index (χ4n) is 1.97. The third-order valence-electron chi connectivity index (χ3n) is 2.96. The zero-order valence-corrected chi connectivity index (χ0v) is 12.8. The molecule has 0 saturated carbocycles. The quantitative estimate of drug-likeness (QED) is 0.478. The van der Waals surface area contributed by atoms with Crippen LogP contribution in [-0.2, 0) is 4.79 Å². The number of hydrogen-bond donors (Lipinski definition) is 0. The zero-order valence-electron chi connectivity index (χ0n) is 12.8. The van der Waals surface area contributed by atoms with Crippen molar-refractivity contribution in [1.29, 1.82) is 0 Å². The number of esters is 1. The highest BCUT2D eigenvalue weighted by Crippen LogP contribution is 2.24. The second kappa shape index (κ2) is 7.31. The fourth-order valence-corrected chi connectivity index (χ4v) is 1.97. The van der Waals surface area contributed by atoms with Gasteiger partial charge in [-0.2, -0.15) is 0 Å². The van der Waals surface area contributed by atoms with E-state index in [2.05, 4.69) is 0 Å². The Bertz CT molecular complexity index is 667. The summed E-state index contributed by atoms with van der Waals surface area (Å²) in [5.74, 6) is 1.65. The summed E-state index contributed by atoms with van der Waals surface area (Å²) in [5, 5.41) is 0. The first-order valence-electron chi connectivity index (χ1n) is 6.80. The average Bonchev–Trinajstić information content (AvgIpc) is 2.52. The summed E-state index contributed by atoms with van der Waals surface area (Å²) in [5.41, 5.74) is 1.88. The summed E-state index contributed by atoms with van der Waals surface area (Å²) >= 11 is 0. The third kappa shape index (κ3) is 4.38. The van der Waals surface area contributed by atoms with E-state index < -0.39 is 0 Å². The van der Waals surface area contributed by atoms with Gasteiger partial charge in [-0.3, -0.25) is 4.79 Å². The number of carbonyl (C=O) groups excluding carboxylic acids is 1. The van der Waals surface area contributed by atoms with Crippen LogP contribution in [0, 0.1) is 0 Å². The van der Waals surface area contributed by atoms with Gasteiger partial charge in [-0.15, -0.1) is 0 Å². The molecule has 0 aliphatic rings. The smallest absolute Gasteiger partial charge is 0.308 e. The van der Waals surface area contributed by atoms with Crippen LogP contribution in [0.1, 0.15) is 18.1 Å². The molecule has 0 bridgehead atoms. The molecular weight excluding hydrogens is 280 g/mol. The second-order valence-corrected chi connectivity index (χ2v) is 4.65. The number of methoxy groups -OCH3 is 2. The Morgan fingerprint density at radius 3 is 2.05 bits per heavy atom. The van der Waals surface area contributed by atoms with Gasteiger partial charge >= 0.3 is 5.97 Å². The Hall–Kier alpha value is -2.75. The van der Waals surface area contributed by atoms with Crippen molar-refractivity contribution in [2.75, 3.05) is 14.2 Å². The van der Waals surface area contributed by atoms with Crippen molar-refractivity contribution in [3.63, 3.8) is 0 Å². The van der Waals surface area contributed by atoms with Crippen molar-refractivity contribution < 1.29 is 19.0 Å². The molecule has 0 aromatic heterocycles. The molecule has 0 atom stereocenters. The summed E-state index contributed by atoms with van der Waals surface area (Å²) in [6.07, 6.45) is 3.87. The van der Waals surface area contributed by atoms with Gasteiger partial charge < -0.3 is 14.2 Å². The molecule has 4 nitrogen and oxygen atoms in total. The molecule has 4 heteroatoms. The van der Waals surface area contributed by atoms with Crippen molar-refractivity contribution in [2.45, 2.75) is 6.92 Å². The molecule has 2 aromatic rings. The van der Waals surface area contributed by atoms with E-state index in [9.17, 15) is 4.79 Å². The monoisotopic (exact) mass is 298 g/mol. The molecule has 0 saturated heterocycles. The van der Waals surface area contributed by atoms with Gasteiger partial charge in [0.05, 0.1) is 14.2 Å². The van der Waals surface area contributed by atoms with Gasteiger partial charge in [0.25, 0.3) is 0 Å². The maximum Gasteiger partial charge on any atom is 0.308 e. The Kier molecular flexibility index (Phi) is 5.20. The molecule has 2 rings (SSSR count). The first kappa shape index (κ1) is 15.6. The van der Waals surface area contributed by atoms with E-state index in [0.29, 0.717) is 5.75 Å². The van der Waals surface area contributed by atoms with Gasteiger partial charge in [-0.1, -0.05) is 24.3 Å². The predicted molar refractivity (Wildman–Crippen MR) is 86.2 cm³/mol. The van der Waals surface area contributed by atoms with E-state index in [0.717, 1.165) is 22.6 Å². The van der Waals surface area contributed by atoms with Crippen LogP contribution in [0.2, 0.25) is 0 Å². The van der Waals surface area contributed by atoms with Gasteiger partial charge in [-0.05, 0) is 35.4 Å². The minimum absolute atomic E-state index is 0.335. The largest absolute Gasteiger partial charge is 0.497 e. The lowest BCUT2D eigenvalue weighted by Crippen LogP contribution is -2.00. The van der Waals surface area contributed by atoms with Crippen LogP contribution in [0.3, 0.4) is 0 Å². The lowest BCUT2D eigenvalue weighted by molar-refractivity contribution is -0.131. The number of benzene rings is 2. The Balaban J connectivity index is 2.22. The van der Waals surface area contributed by atoms with Crippen molar-refractivity contribution in [1.82, 2.24) is 0 Å². The summed E-state index contributed by atoms with van der Waals surface area (Å²) < 4.78 is 15.5. The van der Waals surface area contributed by atoms with Crippen LogP contribution in [0.15, 0.2) is 42.5 Å². The summed E-state index contributed by atoms with van der Waals surface area (Å²) in [7, 11) is 3.23. The second-order valence-electron chi connectivity index (χ2n) is 4.65. The molecule has 0 spiro atoms. The van der Waals surface area contributed by atoms with Crippen LogP contribution in [0.5, 0.6) is 17.2 Å². The third-order valence-corrected chi connectivity index (χ3v) is 2.96. The molecule has 0 fully saturated rings. The van der Waals surface area contributed by atoms with Crippen LogP contribution in [0.4, 0.5) is 0 Å². The summed E-state index contributed by atoms with van der Waals surface area (Å²) in [6, 6.07) is 13.0. The molecule has 22 heavy (non-hydrogen) atoms. The van der Waals surface area contributed by atoms with Crippen LogP contribution in [0.25, 0.3) is 12.2 Å². The zero-order chi connectivity index (χ0) is 15.9. The SMILES string of the molecule is COc1cc(/C=C/c2cccc(OC(C)=O)c2)cc(OC)c1. The van der Waals surface area contributed by atoms with Crippen molar-refractivity contribution in [3.05, 3.63) is 53.6 Å². The fraction of sp³-hybridized carbons (Fsp3) is 0.167. The predicted octanol–water partition coefficient (Wildman–Crippen LogP) is 3.80. The molecule has 0 aliphatic carbocycles. The molecule has 0 N–H and O–H groups in total. The van der Waals surface area contributed by atoms with Crippen LogP contribution >= 0.6 is 0 Å². The van der Waals surface area contributed by atoms with Gasteiger partial charge in [0.2, 0.25) is 0 Å². The van der Waals surface area contributed by atoms with Crippen molar-refractivity contribution in [3.8, 4) is 17.2 Å². The molecule has 0 amide bonds. The van der Waals surface area contributed by atoms with E-state index >= 15 is 0 Å². The average molecular weight is 298 g/mol. The first-order valence-corrected chi connectivity index (χ1v) is 6.80. The van der Waals surface area contributed by atoms with E-state index in [4.69, 9.17) is 14.2 Å². The Morgan fingerprint density at radius 2 is 1.45 bits per heavy atom. The number of carbonyl (C=O) groups is 1. The first-order chi connectivity index (χ1) is 10.6. The van der Waals surface area contributed by atoms with Gasteiger partial charge in [-0.25, -0.2) is 0 Å². The standard InChI is InChI=1S/C18H18O4/c1-13(19)22-16-6-4-5-14(9-16)7-8-15-10-17(20-2)12-18(11-15)21-3/h4-12H,1-3H3/b8-7+. The van der Waals surface area contributed by atoms with E-state index in [-0.39, 0.29) is 5.97 Å². The van der Waals surface area contributed by atoms with Gasteiger partial charge in [0, 0.05) is 13.0 Å². The van der Waals surface area contributed by atoms with Gasteiger partial charge in [0.15, 0.2) is 0 Å². The molecule has 0 aliphatic heterocycles.